The monoisotopic (exact) mass is 168 g/mol. The van der Waals surface area contributed by atoms with Crippen molar-refractivity contribution in [2.24, 2.45) is 5.41 Å². The normalized spacial score (nSPS) is 14.7. The van der Waals surface area contributed by atoms with Gasteiger partial charge in [-0.05, 0) is 17.9 Å². The van der Waals surface area contributed by atoms with E-state index >= 15 is 0 Å². The van der Waals surface area contributed by atoms with E-state index in [-0.39, 0.29) is 5.41 Å². The summed E-state index contributed by atoms with van der Waals surface area (Å²) in [4.78, 5) is 0. The van der Waals surface area contributed by atoms with E-state index in [1.807, 2.05) is 0 Å². The average Bonchev–Trinajstić information content (AvgIpc) is 2.32. The van der Waals surface area contributed by atoms with E-state index in [0.29, 0.717) is 0 Å². The molecule has 0 saturated heterocycles. The second kappa shape index (κ2) is 3.31. The Balaban J connectivity index is 2.56. The van der Waals surface area contributed by atoms with Gasteiger partial charge < -0.3 is 9.52 Å². The van der Waals surface area contributed by atoms with Crippen LogP contribution in [0.4, 0.5) is 0 Å². The second-order valence-corrected chi connectivity index (χ2v) is 4.34. The van der Waals surface area contributed by atoms with E-state index in [9.17, 15) is 5.11 Å². The smallest absolute Gasteiger partial charge is 0.0960 e. The molecule has 0 aliphatic heterocycles. The van der Waals surface area contributed by atoms with Crippen molar-refractivity contribution in [2.45, 2.75) is 33.3 Å². The Labute approximate surface area is 73.2 Å². The Hall–Kier alpha value is -0.760. The van der Waals surface area contributed by atoms with Crippen LogP contribution < -0.4 is 0 Å². The fourth-order valence-corrected chi connectivity index (χ4v) is 1.16. The van der Waals surface area contributed by atoms with Crippen molar-refractivity contribution in [3.8, 4) is 0 Å². The molecule has 0 spiro atoms. The lowest BCUT2D eigenvalue weighted by Gasteiger charge is -2.21. The molecule has 0 radical (unpaired) electrons. The first-order valence-corrected chi connectivity index (χ1v) is 4.19. The molecule has 0 bridgehead atoms. The molecule has 1 aromatic rings. The van der Waals surface area contributed by atoms with Crippen LogP contribution in [0.1, 0.15) is 38.9 Å². The van der Waals surface area contributed by atoms with Crippen molar-refractivity contribution in [3.05, 3.63) is 24.2 Å². The Morgan fingerprint density at radius 1 is 1.50 bits per heavy atom. The summed E-state index contributed by atoms with van der Waals surface area (Å²) in [5, 5.41) is 9.69. The van der Waals surface area contributed by atoms with Gasteiger partial charge in [0, 0.05) is 5.56 Å². The first kappa shape index (κ1) is 9.33. The molecule has 0 fully saturated rings. The third-order valence-corrected chi connectivity index (χ3v) is 1.73. The lowest BCUT2D eigenvalue weighted by molar-refractivity contribution is 0.122. The highest BCUT2D eigenvalue weighted by Gasteiger charge is 2.18. The Bertz CT molecular complexity index is 218. The van der Waals surface area contributed by atoms with Crippen LogP contribution in [0.3, 0.4) is 0 Å². The minimum atomic E-state index is -0.399. The maximum atomic E-state index is 9.69. The molecule has 2 nitrogen and oxygen atoms in total. The van der Waals surface area contributed by atoms with Gasteiger partial charge in [-0.2, -0.15) is 0 Å². The van der Waals surface area contributed by atoms with Crippen molar-refractivity contribution < 1.29 is 9.52 Å². The highest BCUT2D eigenvalue weighted by molar-refractivity contribution is 5.09. The van der Waals surface area contributed by atoms with Gasteiger partial charge in [-0.15, -0.1) is 0 Å². The van der Waals surface area contributed by atoms with E-state index in [1.165, 1.54) is 0 Å². The van der Waals surface area contributed by atoms with Crippen molar-refractivity contribution >= 4 is 0 Å². The lowest BCUT2D eigenvalue weighted by atomic mass is 9.87. The number of rotatable bonds is 2. The molecule has 0 aromatic carbocycles. The van der Waals surface area contributed by atoms with Crippen molar-refractivity contribution in [1.29, 1.82) is 0 Å². The zero-order chi connectivity index (χ0) is 9.19. The van der Waals surface area contributed by atoms with Crippen LogP contribution in [0.15, 0.2) is 23.0 Å². The van der Waals surface area contributed by atoms with Gasteiger partial charge in [-0.1, -0.05) is 20.8 Å². The lowest BCUT2D eigenvalue weighted by Crippen LogP contribution is -2.10. The zero-order valence-corrected chi connectivity index (χ0v) is 7.87. The summed E-state index contributed by atoms with van der Waals surface area (Å²) in [6.45, 7) is 6.32. The van der Waals surface area contributed by atoms with Gasteiger partial charge in [0.05, 0.1) is 18.6 Å². The van der Waals surface area contributed by atoms with Gasteiger partial charge in [0.1, 0.15) is 0 Å². The molecule has 1 aromatic heterocycles. The van der Waals surface area contributed by atoms with E-state index in [4.69, 9.17) is 4.42 Å². The molecular formula is C10H16O2. The molecule has 2 heteroatoms. The standard InChI is InChI=1S/C10H16O2/c1-10(2,3)6-9(11)8-4-5-12-7-8/h4-5,7,9,11H,6H2,1-3H3. The third-order valence-electron chi connectivity index (χ3n) is 1.73. The Morgan fingerprint density at radius 3 is 2.58 bits per heavy atom. The SMILES string of the molecule is CC(C)(C)CC(O)c1ccoc1. The molecular weight excluding hydrogens is 152 g/mol. The zero-order valence-electron chi connectivity index (χ0n) is 7.87. The number of hydrogen-bond acceptors (Lipinski definition) is 2. The van der Waals surface area contributed by atoms with Crippen LogP contribution >= 0.6 is 0 Å². The summed E-state index contributed by atoms with van der Waals surface area (Å²) in [5.74, 6) is 0. The Morgan fingerprint density at radius 2 is 2.17 bits per heavy atom. The van der Waals surface area contributed by atoms with Crippen molar-refractivity contribution in [1.82, 2.24) is 0 Å². The first-order chi connectivity index (χ1) is 5.49. The number of furan rings is 1. The largest absolute Gasteiger partial charge is 0.472 e. The molecule has 12 heavy (non-hydrogen) atoms. The molecule has 0 aliphatic rings. The molecule has 1 heterocycles. The summed E-state index contributed by atoms with van der Waals surface area (Å²) < 4.78 is 4.89. The van der Waals surface area contributed by atoms with E-state index in [2.05, 4.69) is 20.8 Å². The number of aliphatic hydroxyl groups excluding tert-OH is 1. The van der Waals surface area contributed by atoms with Gasteiger partial charge >= 0.3 is 0 Å². The summed E-state index contributed by atoms with van der Waals surface area (Å²) >= 11 is 0. The Kier molecular flexibility index (Phi) is 2.58. The van der Waals surface area contributed by atoms with Crippen LogP contribution in [0.2, 0.25) is 0 Å². The molecule has 1 unspecified atom stereocenters. The molecule has 0 saturated carbocycles. The first-order valence-electron chi connectivity index (χ1n) is 4.19. The molecule has 1 atom stereocenters. The van der Waals surface area contributed by atoms with E-state index < -0.39 is 6.10 Å². The van der Waals surface area contributed by atoms with Crippen LogP contribution in [0.5, 0.6) is 0 Å². The minimum absolute atomic E-state index is 0.149. The van der Waals surface area contributed by atoms with Crippen LogP contribution in [-0.2, 0) is 0 Å². The molecule has 1 N–H and O–H groups in total. The predicted molar refractivity (Wildman–Crippen MR) is 47.7 cm³/mol. The highest BCUT2D eigenvalue weighted by Crippen LogP contribution is 2.29. The number of aliphatic hydroxyl groups is 1. The third kappa shape index (κ3) is 2.70. The van der Waals surface area contributed by atoms with E-state index in [0.717, 1.165) is 12.0 Å². The summed E-state index contributed by atoms with van der Waals surface area (Å²) in [6.07, 6.45) is 3.54. The second-order valence-electron chi connectivity index (χ2n) is 4.34. The fraction of sp³-hybridized carbons (Fsp3) is 0.600. The van der Waals surface area contributed by atoms with Crippen molar-refractivity contribution in [3.63, 3.8) is 0 Å². The molecule has 0 aliphatic carbocycles. The molecule has 68 valence electrons. The summed E-state index contributed by atoms with van der Waals surface area (Å²) in [6, 6.07) is 1.80. The quantitative estimate of drug-likeness (QED) is 0.736. The van der Waals surface area contributed by atoms with Crippen LogP contribution in [-0.4, -0.2) is 5.11 Å². The highest BCUT2D eigenvalue weighted by atomic mass is 16.3. The van der Waals surface area contributed by atoms with Gasteiger partial charge in [0.25, 0.3) is 0 Å². The minimum Gasteiger partial charge on any atom is -0.472 e. The number of hydrogen-bond donors (Lipinski definition) is 1. The van der Waals surface area contributed by atoms with E-state index in [1.54, 1.807) is 18.6 Å². The van der Waals surface area contributed by atoms with Crippen LogP contribution in [0, 0.1) is 5.41 Å². The molecule has 1 rings (SSSR count). The van der Waals surface area contributed by atoms with Crippen molar-refractivity contribution in [2.75, 3.05) is 0 Å². The van der Waals surface area contributed by atoms with Crippen LogP contribution in [0.25, 0.3) is 0 Å². The van der Waals surface area contributed by atoms with Gasteiger partial charge in [0.2, 0.25) is 0 Å². The topological polar surface area (TPSA) is 33.4 Å². The van der Waals surface area contributed by atoms with Gasteiger partial charge in [-0.25, -0.2) is 0 Å². The van der Waals surface area contributed by atoms with Gasteiger partial charge in [-0.3, -0.25) is 0 Å². The maximum Gasteiger partial charge on any atom is 0.0960 e. The summed E-state index contributed by atoms with van der Waals surface area (Å²) in [5.41, 5.74) is 1.02. The fourth-order valence-electron chi connectivity index (χ4n) is 1.16. The maximum absolute atomic E-state index is 9.69. The average molecular weight is 168 g/mol. The van der Waals surface area contributed by atoms with Gasteiger partial charge in [0.15, 0.2) is 0 Å². The predicted octanol–water partition coefficient (Wildman–Crippen LogP) is 2.75. The summed E-state index contributed by atoms with van der Waals surface area (Å²) in [7, 11) is 0. The molecule has 0 amide bonds.